The van der Waals surface area contributed by atoms with E-state index in [1.807, 2.05) is 0 Å². The van der Waals surface area contributed by atoms with Gasteiger partial charge in [0.15, 0.2) is 0 Å². The largest absolute Gasteiger partial charge is 0.378 e. The summed E-state index contributed by atoms with van der Waals surface area (Å²) in [7, 11) is 0. The van der Waals surface area contributed by atoms with E-state index in [0.29, 0.717) is 12.1 Å². The molecule has 3 rings (SSSR count). The van der Waals surface area contributed by atoms with Gasteiger partial charge < -0.3 is 10.1 Å². The maximum atomic E-state index is 5.78. The first kappa shape index (κ1) is 14.1. The van der Waals surface area contributed by atoms with E-state index in [4.69, 9.17) is 4.74 Å². The maximum Gasteiger partial charge on any atom is 0.0576 e. The molecular weight excluding hydrogens is 246 g/mol. The van der Waals surface area contributed by atoms with Crippen LogP contribution in [0.3, 0.4) is 0 Å². The zero-order chi connectivity index (χ0) is 13.8. The van der Waals surface area contributed by atoms with Gasteiger partial charge in [-0.05, 0) is 56.2 Å². The third-order valence-corrected chi connectivity index (χ3v) is 4.86. The Morgan fingerprint density at radius 2 is 2.25 bits per heavy atom. The fraction of sp³-hybridized carbons (Fsp3) is 0.667. The molecule has 2 heteroatoms. The molecule has 0 saturated carbocycles. The molecule has 1 aliphatic heterocycles. The highest BCUT2D eigenvalue weighted by Gasteiger charge is 2.32. The fourth-order valence-electron chi connectivity index (χ4n) is 3.67. The second kappa shape index (κ2) is 6.73. The van der Waals surface area contributed by atoms with Crippen LogP contribution in [0.15, 0.2) is 24.3 Å². The summed E-state index contributed by atoms with van der Waals surface area (Å²) in [6, 6.07) is 9.57. The molecule has 1 aromatic rings. The van der Waals surface area contributed by atoms with Crippen molar-refractivity contribution in [3.05, 3.63) is 35.4 Å². The molecule has 110 valence electrons. The van der Waals surface area contributed by atoms with Crippen LogP contribution in [0, 0.1) is 0 Å². The quantitative estimate of drug-likeness (QED) is 0.818. The third-order valence-electron chi connectivity index (χ3n) is 4.86. The van der Waals surface area contributed by atoms with E-state index in [9.17, 15) is 0 Å². The van der Waals surface area contributed by atoms with Crippen molar-refractivity contribution < 1.29 is 4.74 Å². The van der Waals surface area contributed by atoms with Gasteiger partial charge in [-0.25, -0.2) is 0 Å². The summed E-state index contributed by atoms with van der Waals surface area (Å²) >= 11 is 0. The average Bonchev–Trinajstić information content (AvgIpc) is 2.95. The first-order valence-electron chi connectivity index (χ1n) is 8.31. The Kier molecular flexibility index (Phi) is 4.74. The molecule has 1 heterocycles. The molecule has 1 aliphatic carbocycles. The molecular formula is C18H27NO. The lowest BCUT2D eigenvalue weighted by molar-refractivity contribution is 0.0982. The van der Waals surface area contributed by atoms with E-state index in [2.05, 4.69) is 36.5 Å². The molecule has 1 saturated heterocycles. The number of benzene rings is 1. The fourth-order valence-corrected chi connectivity index (χ4v) is 3.67. The highest BCUT2D eigenvalue weighted by atomic mass is 16.5. The van der Waals surface area contributed by atoms with Gasteiger partial charge in [0.25, 0.3) is 0 Å². The lowest BCUT2D eigenvalue weighted by Crippen LogP contribution is -2.40. The summed E-state index contributed by atoms with van der Waals surface area (Å²) in [6.07, 6.45) is 7.99. The van der Waals surface area contributed by atoms with Crippen molar-refractivity contribution in [2.24, 2.45) is 0 Å². The van der Waals surface area contributed by atoms with Crippen molar-refractivity contribution in [3.8, 4) is 0 Å². The van der Waals surface area contributed by atoms with Gasteiger partial charge in [-0.2, -0.15) is 0 Å². The minimum Gasteiger partial charge on any atom is -0.378 e. The van der Waals surface area contributed by atoms with Gasteiger partial charge >= 0.3 is 0 Å². The Balaban J connectivity index is 1.58. The van der Waals surface area contributed by atoms with Crippen molar-refractivity contribution in [2.45, 2.75) is 63.5 Å². The minimum atomic E-state index is 0.524. The first-order chi connectivity index (χ1) is 9.88. The van der Waals surface area contributed by atoms with Crippen LogP contribution in [-0.4, -0.2) is 25.3 Å². The molecule has 0 spiro atoms. The SMILES string of the molecule is CCCNC(CCC1CCCO1)C1Cc2ccccc21. The van der Waals surface area contributed by atoms with Crippen LogP contribution in [0.1, 0.15) is 56.1 Å². The third kappa shape index (κ3) is 3.07. The summed E-state index contributed by atoms with van der Waals surface area (Å²) < 4.78 is 5.78. The van der Waals surface area contributed by atoms with Gasteiger partial charge in [-0.1, -0.05) is 31.2 Å². The van der Waals surface area contributed by atoms with Crippen molar-refractivity contribution in [1.82, 2.24) is 5.32 Å². The molecule has 1 fully saturated rings. The Hall–Kier alpha value is -0.860. The molecule has 2 nitrogen and oxygen atoms in total. The highest BCUT2D eigenvalue weighted by Crippen LogP contribution is 2.39. The number of hydrogen-bond donors (Lipinski definition) is 1. The summed E-state index contributed by atoms with van der Waals surface area (Å²) in [4.78, 5) is 0. The monoisotopic (exact) mass is 273 g/mol. The van der Waals surface area contributed by atoms with E-state index in [1.54, 1.807) is 11.1 Å². The standard InChI is InChI=1S/C18H27NO/c1-2-11-19-18(10-9-15-7-5-12-20-15)17-13-14-6-3-4-8-16(14)17/h3-4,6,8,15,17-19H,2,5,7,9-13H2,1H3. The predicted octanol–water partition coefficient (Wildman–Crippen LogP) is 3.65. The summed E-state index contributed by atoms with van der Waals surface area (Å²) in [6.45, 7) is 4.36. The van der Waals surface area contributed by atoms with Crippen LogP contribution in [0.2, 0.25) is 0 Å². The second-order valence-corrected chi connectivity index (χ2v) is 6.28. The van der Waals surface area contributed by atoms with E-state index in [1.165, 1.54) is 38.5 Å². The first-order valence-corrected chi connectivity index (χ1v) is 8.31. The number of rotatable bonds is 7. The molecule has 1 aromatic carbocycles. The van der Waals surface area contributed by atoms with Gasteiger partial charge in [0.1, 0.15) is 0 Å². The van der Waals surface area contributed by atoms with Gasteiger partial charge in [-0.3, -0.25) is 0 Å². The van der Waals surface area contributed by atoms with Crippen molar-refractivity contribution in [3.63, 3.8) is 0 Å². The Labute approximate surface area is 122 Å². The number of fused-ring (bicyclic) bond motifs is 1. The molecule has 20 heavy (non-hydrogen) atoms. The summed E-state index contributed by atoms with van der Waals surface area (Å²) in [5.41, 5.74) is 3.13. The minimum absolute atomic E-state index is 0.524. The Bertz CT molecular complexity index is 425. The normalized spacial score (nSPS) is 26.1. The van der Waals surface area contributed by atoms with E-state index < -0.39 is 0 Å². The smallest absolute Gasteiger partial charge is 0.0576 e. The molecule has 0 radical (unpaired) electrons. The number of nitrogens with one attached hydrogen (secondary N) is 1. The predicted molar refractivity (Wildman–Crippen MR) is 83.2 cm³/mol. The van der Waals surface area contributed by atoms with E-state index >= 15 is 0 Å². The topological polar surface area (TPSA) is 21.3 Å². The maximum absolute atomic E-state index is 5.78. The van der Waals surface area contributed by atoms with Crippen LogP contribution >= 0.6 is 0 Å². The molecule has 2 aliphatic rings. The van der Waals surface area contributed by atoms with E-state index in [0.717, 1.165) is 19.1 Å². The molecule has 0 amide bonds. The molecule has 0 aromatic heterocycles. The van der Waals surface area contributed by atoms with Crippen LogP contribution in [0.25, 0.3) is 0 Å². The van der Waals surface area contributed by atoms with Gasteiger partial charge in [0, 0.05) is 18.6 Å². The zero-order valence-corrected chi connectivity index (χ0v) is 12.6. The molecule has 3 atom stereocenters. The molecule has 0 bridgehead atoms. The zero-order valence-electron chi connectivity index (χ0n) is 12.6. The molecule has 3 unspecified atom stereocenters. The molecule has 1 N–H and O–H groups in total. The second-order valence-electron chi connectivity index (χ2n) is 6.28. The Morgan fingerprint density at radius 1 is 1.35 bits per heavy atom. The van der Waals surface area contributed by atoms with Crippen LogP contribution in [0.4, 0.5) is 0 Å². The Morgan fingerprint density at radius 3 is 3.00 bits per heavy atom. The lowest BCUT2D eigenvalue weighted by atomic mass is 9.72. The van der Waals surface area contributed by atoms with Gasteiger partial charge in [0.2, 0.25) is 0 Å². The number of hydrogen-bond acceptors (Lipinski definition) is 2. The van der Waals surface area contributed by atoms with Crippen LogP contribution in [-0.2, 0) is 11.2 Å². The van der Waals surface area contributed by atoms with Crippen LogP contribution in [0.5, 0.6) is 0 Å². The van der Waals surface area contributed by atoms with Crippen LogP contribution < -0.4 is 5.32 Å². The summed E-state index contributed by atoms with van der Waals surface area (Å²) in [5, 5.41) is 3.78. The number of ether oxygens (including phenoxy) is 1. The average molecular weight is 273 g/mol. The van der Waals surface area contributed by atoms with E-state index in [-0.39, 0.29) is 0 Å². The lowest BCUT2D eigenvalue weighted by Gasteiger charge is -2.37. The highest BCUT2D eigenvalue weighted by molar-refractivity contribution is 5.41. The van der Waals surface area contributed by atoms with Gasteiger partial charge in [-0.15, -0.1) is 0 Å². The van der Waals surface area contributed by atoms with Crippen molar-refractivity contribution in [2.75, 3.05) is 13.2 Å². The van der Waals surface area contributed by atoms with Crippen molar-refractivity contribution in [1.29, 1.82) is 0 Å². The van der Waals surface area contributed by atoms with Gasteiger partial charge in [0.05, 0.1) is 6.10 Å². The van der Waals surface area contributed by atoms with Crippen molar-refractivity contribution >= 4 is 0 Å². The summed E-state index contributed by atoms with van der Waals surface area (Å²) in [5.74, 6) is 0.721.